The van der Waals surface area contributed by atoms with Crippen LogP contribution in [0.25, 0.3) is 11.4 Å². The fourth-order valence-corrected chi connectivity index (χ4v) is 3.42. The molecular weight excluding hydrogens is 328 g/mol. The van der Waals surface area contributed by atoms with Gasteiger partial charge in [-0.25, -0.2) is 14.6 Å². The molecule has 3 aromatic rings. The Balaban J connectivity index is 1.68. The monoisotopic (exact) mass is 352 g/mol. The van der Waals surface area contributed by atoms with Crippen LogP contribution in [0.4, 0.5) is 0 Å². The SMILES string of the molecule is Cc1cc(C)c(-c2nc(C3CCOCC3)nn2CCc2cnc[nH]2)cn1. The summed E-state index contributed by atoms with van der Waals surface area (Å²) in [5.74, 6) is 2.19. The lowest BCUT2D eigenvalue weighted by Gasteiger charge is -2.18. The summed E-state index contributed by atoms with van der Waals surface area (Å²) in [5.41, 5.74) is 4.33. The van der Waals surface area contributed by atoms with Crippen molar-refractivity contribution in [1.82, 2.24) is 29.7 Å². The van der Waals surface area contributed by atoms with Gasteiger partial charge in [-0.15, -0.1) is 0 Å². The third kappa shape index (κ3) is 3.53. The largest absolute Gasteiger partial charge is 0.381 e. The lowest BCUT2D eigenvalue weighted by Crippen LogP contribution is -2.15. The molecular formula is C19H24N6O. The number of hydrogen-bond acceptors (Lipinski definition) is 5. The standard InChI is InChI=1S/C19H24N6O/c1-13-9-14(2)21-11-17(13)19-23-18(15-4-7-26-8-5-15)24-25(19)6-3-16-10-20-12-22-16/h9-12,15H,3-8H2,1-2H3,(H,20,22). The predicted octanol–water partition coefficient (Wildman–Crippen LogP) is 2.82. The first-order chi connectivity index (χ1) is 12.7. The first-order valence-electron chi connectivity index (χ1n) is 9.14. The van der Waals surface area contributed by atoms with Crippen LogP contribution in [-0.4, -0.2) is 42.9 Å². The molecule has 0 amide bonds. The maximum Gasteiger partial charge on any atom is 0.160 e. The van der Waals surface area contributed by atoms with Crippen LogP contribution in [-0.2, 0) is 17.7 Å². The molecule has 0 spiro atoms. The highest BCUT2D eigenvalue weighted by atomic mass is 16.5. The third-order valence-corrected chi connectivity index (χ3v) is 4.91. The second-order valence-corrected chi connectivity index (χ2v) is 6.87. The summed E-state index contributed by atoms with van der Waals surface area (Å²) in [6, 6.07) is 2.09. The van der Waals surface area contributed by atoms with Gasteiger partial charge in [-0.3, -0.25) is 4.98 Å². The summed E-state index contributed by atoms with van der Waals surface area (Å²) in [5, 5.41) is 4.86. The fourth-order valence-electron chi connectivity index (χ4n) is 3.42. The number of aromatic amines is 1. The molecule has 1 fully saturated rings. The van der Waals surface area contributed by atoms with Crippen LogP contribution in [0.3, 0.4) is 0 Å². The zero-order chi connectivity index (χ0) is 17.9. The van der Waals surface area contributed by atoms with Gasteiger partial charge in [0.1, 0.15) is 0 Å². The molecule has 136 valence electrons. The minimum absolute atomic E-state index is 0.370. The molecule has 0 aliphatic carbocycles. The van der Waals surface area contributed by atoms with Crippen molar-refractivity contribution in [3.63, 3.8) is 0 Å². The minimum Gasteiger partial charge on any atom is -0.381 e. The minimum atomic E-state index is 0.370. The molecule has 4 rings (SSSR count). The number of H-pyrrole nitrogens is 1. The van der Waals surface area contributed by atoms with Gasteiger partial charge < -0.3 is 9.72 Å². The van der Waals surface area contributed by atoms with Crippen molar-refractivity contribution in [1.29, 1.82) is 0 Å². The number of rotatable bonds is 5. The van der Waals surface area contributed by atoms with Crippen molar-refractivity contribution in [2.75, 3.05) is 13.2 Å². The highest BCUT2D eigenvalue weighted by Crippen LogP contribution is 2.28. The van der Waals surface area contributed by atoms with E-state index in [9.17, 15) is 0 Å². The Morgan fingerprint density at radius 2 is 2.08 bits per heavy atom. The number of imidazole rings is 1. The van der Waals surface area contributed by atoms with Crippen LogP contribution in [0.15, 0.2) is 24.8 Å². The second kappa shape index (κ2) is 7.37. The van der Waals surface area contributed by atoms with E-state index in [4.69, 9.17) is 14.8 Å². The van der Waals surface area contributed by atoms with Gasteiger partial charge in [-0.2, -0.15) is 5.10 Å². The smallest absolute Gasteiger partial charge is 0.160 e. The van der Waals surface area contributed by atoms with Gasteiger partial charge in [0.25, 0.3) is 0 Å². The van der Waals surface area contributed by atoms with Crippen molar-refractivity contribution in [2.45, 2.75) is 45.6 Å². The molecule has 0 atom stereocenters. The first kappa shape index (κ1) is 16.9. The maximum atomic E-state index is 5.49. The normalized spacial score (nSPS) is 15.5. The maximum absolute atomic E-state index is 5.49. The van der Waals surface area contributed by atoms with E-state index in [0.29, 0.717) is 5.92 Å². The van der Waals surface area contributed by atoms with Gasteiger partial charge in [0.15, 0.2) is 11.6 Å². The molecule has 7 nitrogen and oxygen atoms in total. The van der Waals surface area contributed by atoms with Crippen molar-refractivity contribution in [3.8, 4) is 11.4 Å². The fraction of sp³-hybridized carbons (Fsp3) is 0.474. The number of ether oxygens (including phenoxy) is 1. The Kier molecular flexibility index (Phi) is 4.79. The van der Waals surface area contributed by atoms with E-state index in [2.05, 4.69) is 27.9 Å². The number of aromatic nitrogens is 6. The van der Waals surface area contributed by atoms with Crippen LogP contribution in [0.5, 0.6) is 0 Å². The Hall–Kier alpha value is -2.54. The molecule has 0 aromatic carbocycles. The predicted molar refractivity (Wildman–Crippen MR) is 97.8 cm³/mol. The van der Waals surface area contributed by atoms with Gasteiger partial charge in [0, 0.05) is 61.4 Å². The van der Waals surface area contributed by atoms with E-state index in [1.165, 1.54) is 5.56 Å². The average molecular weight is 352 g/mol. The second-order valence-electron chi connectivity index (χ2n) is 6.87. The Bertz CT molecular complexity index is 864. The van der Waals surface area contributed by atoms with Gasteiger partial charge >= 0.3 is 0 Å². The molecule has 26 heavy (non-hydrogen) atoms. The summed E-state index contributed by atoms with van der Waals surface area (Å²) in [4.78, 5) is 16.6. The van der Waals surface area contributed by atoms with Crippen LogP contribution in [0, 0.1) is 13.8 Å². The summed E-state index contributed by atoms with van der Waals surface area (Å²) >= 11 is 0. The Morgan fingerprint density at radius 3 is 2.81 bits per heavy atom. The van der Waals surface area contributed by atoms with E-state index in [1.54, 1.807) is 6.33 Å². The quantitative estimate of drug-likeness (QED) is 0.763. The number of aryl methyl sites for hydroxylation is 4. The van der Waals surface area contributed by atoms with Gasteiger partial charge in [0.05, 0.1) is 6.33 Å². The van der Waals surface area contributed by atoms with Crippen LogP contribution in [0.1, 0.15) is 41.5 Å². The summed E-state index contributed by atoms with van der Waals surface area (Å²) in [7, 11) is 0. The number of nitrogens with zero attached hydrogens (tertiary/aromatic N) is 5. The van der Waals surface area contributed by atoms with E-state index in [0.717, 1.165) is 67.6 Å². The molecule has 1 N–H and O–H groups in total. The topological polar surface area (TPSA) is 81.5 Å². The number of hydrogen-bond donors (Lipinski definition) is 1. The molecule has 1 saturated heterocycles. The van der Waals surface area contributed by atoms with Crippen LogP contribution >= 0.6 is 0 Å². The van der Waals surface area contributed by atoms with Gasteiger partial charge in [-0.05, 0) is 38.3 Å². The third-order valence-electron chi connectivity index (χ3n) is 4.91. The van der Waals surface area contributed by atoms with Gasteiger partial charge in [-0.1, -0.05) is 0 Å². The van der Waals surface area contributed by atoms with Crippen molar-refractivity contribution in [2.24, 2.45) is 0 Å². The summed E-state index contributed by atoms with van der Waals surface area (Å²) in [6.07, 6.45) is 8.27. The first-order valence-corrected chi connectivity index (χ1v) is 9.14. The highest BCUT2D eigenvalue weighted by molar-refractivity contribution is 5.59. The van der Waals surface area contributed by atoms with E-state index >= 15 is 0 Å². The molecule has 0 radical (unpaired) electrons. The molecule has 1 aliphatic rings. The van der Waals surface area contributed by atoms with Crippen LogP contribution < -0.4 is 0 Å². The van der Waals surface area contributed by atoms with Gasteiger partial charge in [0.2, 0.25) is 0 Å². The number of pyridine rings is 1. The molecule has 3 aromatic heterocycles. The molecule has 0 unspecified atom stereocenters. The average Bonchev–Trinajstić information content (AvgIpc) is 3.30. The zero-order valence-corrected chi connectivity index (χ0v) is 15.3. The molecule has 0 bridgehead atoms. The van der Waals surface area contributed by atoms with Crippen molar-refractivity contribution < 1.29 is 4.74 Å². The van der Waals surface area contributed by atoms with E-state index < -0.39 is 0 Å². The lowest BCUT2D eigenvalue weighted by atomic mass is 10.00. The molecule has 1 aliphatic heterocycles. The lowest BCUT2D eigenvalue weighted by molar-refractivity contribution is 0.0835. The number of nitrogens with one attached hydrogen (secondary N) is 1. The Labute approximate surface area is 152 Å². The van der Waals surface area contributed by atoms with Crippen molar-refractivity contribution >= 4 is 0 Å². The molecule has 0 saturated carbocycles. The van der Waals surface area contributed by atoms with Crippen LogP contribution in [0.2, 0.25) is 0 Å². The Morgan fingerprint density at radius 1 is 1.23 bits per heavy atom. The van der Waals surface area contributed by atoms with Crippen molar-refractivity contribution in [3.05, 3.63) is 47.6 Å². The zero-order valence-electron chi connectivity index (χ0n) is 15.3. The molecule has 4 heterocycles. The van der Waals surface area contributed by atoms with E-state index in [-0.39, 0.29) is 0 Å². The highest BCUT2D eigenvalue weighted by Gasteiger charge is 2.23. The molecule has 7 heteroatoms. The van der Waals surface area contributed by atoms with E-state index in [1.807, 2.05) is 24.0 Å². The summed E-state index contributed by atoms with van der Waals surface area (Å²) < 4.78 is 7.51. The summed E-state index contributed by atoms with van der Waals surface area (Å²) in [6.45, 7) is 6.43.